The predicted octanol–water partition coefficient (Wildman–Crippen LogP) is 12.3. The fourth-order valence-corrected chi connectivity index (χ4v) is 5.47. The molecule has 0 aliphatic carbocycles. The summed E-state index contributed by atoms with van der Waals surface area (Å²) in [4.78, 5) is 4.59. The number of rotatable bonds is 10. The molecule has 0 aliphatic rings. The molecule has 0 saturated carbocycles. The van der Waals surface area contributed by atoms with E-state index in [0.717, 1.165) is 40.5 Å². The lowest BCUT2D eigenvalue weighted by atomic mass is 9.97. The second-order valence-corrected chi connectivity index (χ2v) is 11.1. The summed E-state index contributed by atoms with van der Waals surface area (Å²) in [5.41, 5.74) is 10.5. The van der Waals surface area contributed by atoms with Crippen LogP contribution in [0.1, 0.15) is 42.9 Å². The Morgan fingerprint density at radius 3 is 1.05 bits per heavy atom. The summed E-state index contributed by atoms with van der Waals surface area (Å²) in [5.74, 6) is 0.594. The highest BCUT2D eigenvalue weighted by molar-refractivity contribution is 5.81. The Bertz CT molecular complexity index is 1720. The second-order valence-electron chi connectivity index (χ2n) is 11.1. The van der Waals surface area contributed by atoms with Gasteiger partial charge in [-0.25, -0.2) is 0 Å². The zero-order valence-corrected chi connectivity index (χ0v) is 25.4. The van der Waals surface area contributed by atoms with Gasteiger partial charge in [0.15, 0.2) is 0 Å². The lowest BCUT2D eigenvalue weighted by molar-refractivity contribution is 0.733. The van der Waals surface area contributed by atoms with Gasteiger partial charge in [0, 0.05) is 34.1 Å². The van der Waals surface area contributed by atoms with Gasteiger partial charge in [0.1, 0.15) is 0 Å². The Labute approximate surface area is 262 Å². The zero-order valence-electron chi connectivity index (χ0n) is 25.4. The Balaban J connectivity index is 1.28. The molecule has 0 saturated heterocycles. The Morgan fingerprint density at radius 1 is 0.409 bits per heavy atom. The molecule has 6 aromatic rings. The van der Waals surface area contributed by atoms with Crippen LogP contribution >= 0.6 is 0 Å². The maximum absolute atomic E-state index is 2.31. The molecule has 0 fully saturated rings. The van der Waals surface area contributed by atoms with Crippen molar-refractivity contribution >= 4 is 46.3 Å². The minimum atomic E-state index is 0.594. The average molecular weight is 571 g/mol. The lowest BCUT2D eigenvalue weighted by Crippen LogP contribution is -2.12. The van der Waals surface area contributed by atoms with Crippen LogP contribution in [0.5, 0.6) is 0 Å². The van der Waals surface area contributed by atoms with Gasteiger partial charge in [0.05, 0.1) is 0 Å². The number of hydrogen-bond acceptors (Lipinski definition) is 2. The molecule has 0 aliphatic heterocycles. The second kappa shape index (κ2) is 13.8. The van der Waals surface area contributed by atoms with Crippen LogP contribution in [-0.4, -0.2) is 0 Å². The van der Waals surface area contributed by atoms with Crippen molar-refractivity contribution in [2.45, 2.75) is 26.2 Å². The fourth-order valence-electron chi connectivity index (χ4n) is 5.47. The van der Waals surface area contributed by atoms with Gasteiger partial charge in [0.2, 0.25) is 0 Å². The van der Waals surface area contributed by atoms with E-state index in [1.807, 2.05) is 0 Å². The van der Waals surface area contributed by atoms with Crippen LogP contribution in [0.4, 0.5) is 34.1 Å². The molecule has 0 spiro atoms. The molecule has 6 rings (SSSR count). The molecular formula is C42H38N2. The van der Waals surface area contributed by atoms with Crippen LogP contribution < -0.4 is 9.80 Å². The Kier molecular flexibility index (Phi) is 8.99. The van der Waals surface area contributed by atoms with Crippen LogP contribution in [0, 0.1) is 0 Å². The van der Waals surface area contributed by atoms with E-state index in [9.17, 15) is 0 Å². The summed E-state index contributed by atoms with van der Waals surface area (Å²) in [7, 11) is 0. The van der Waals surface area contributed by atoms with Crippen molar-refractivity contribution in [1.29, 1.82) is 0 Å². The van der Waals surface area contributed by atoms with Gasteiger partial charge in [0.25, 0.3) is 0 Å². The smallest absolute Gasteiger partial charge is 0.0463 e. The third-order valence-electron chi connectivity index (χ3n) is 8.15. The van der Waals surface area contributed by atoms with Gasteiger partial charge in [-0.05, 0) is 102 Å². The maximum Gasteiger partial charge on any atom is 0.0463 e. The molecule has 216 valence electrons. The van der Waals surface area contributed by atoms with Crippen molar-refractivity contribution < 1.29 is 0 Å². The number of anilines is 6. The monoisotopic (exact) mass is 570 g/mol. The average Bonchev–Trinajstić information content (AvgIpc) is 3.10. The van der Waals surface area contributed by atoms with Crippen LogP contribution in [0.25, 0.3) is 12.2 Å². The van der Waals surface area contributed by atoms with Gasteiger partial charge in [-0.15, -0.1) is 0 Å². The normalized spacial score (nSPS) is 11.8. The molecule has 2 nitrogen and oxygen atoms in total. The summed E-state index contributed by atoms with van der Waals surface area (Å²) in [5, 5.41) is 0. The SMILES string of the molecule is CCC(C)c1ccc(C=Cc2ccc(N(c3ccccc3)c3ccc(N(c4ccccc4)c4ccccc4)cc3)cc2)cc1. The molecule has 0 N–H and O–H groups in total. The minimum absolute atomic E-state index is 0.594. The van der Waals surface area contributed by atoms with Gasteiger partial charge in [-0.1, -0.05) is 117 Å². The van der Waals surface area contributed by atoms with Gasteiger partial charge >= 0.3 is 0 Å². The van der Waals surface area contributed by atoms with E-state index < -0.39 is 0 Å². The summed E-state index contributed by atoms with van der Waals surface area (Å²) >= 11 is 0. The van der Waals surface area contributed by atoms with E-state index in [2.05, 4.69) is 200 Å². The van der Waals surface area contributed by atoms with E-state index in [-0.39, 0.29) is 0 Å². The van der Waals surface area contributed by atoms with E-state index in [0.29, 0.717) is 5.92 Å². The highest BCUT2D eigenvalue weighted by Gasteiger charge is 2.15. The number of para-hydroxylation sites is 3. The van der Waals surface area contributed by atoms with E-state index in [4.69, 9.17) is 0 Å². The van der Waals surface area contributed by atoms with Crippen LogP contribution in [0.3, 0.4) is 0 Å². The molecule has 0 heterocycles. The zero-order chi connectivity index (χ0) is 30.1. The first-order valence-corrected chi connectivity index (χ1v) is 15.4. The summed E-state index contributed by atoms with van der Waals surface area (Å²) in [6.07, 6.45) is 5.53. The van der Waals surface area contributed by atoms with Crippen molar-refractivity contribution in [2.24, 2.45) is 0 Å². The molecule has 1 unspecified atom stereocenters. The topological polar surface area (TPSA) is 6.48 Å². The van der Waals surface area contributed by atoms with Gasteiger partial charge in [-0.3, -0.25) is 0 Å². The van der Waals surface area contributed by atoms with E-state index in [1.54, 1.807) is 0 Å². The van der Waals surface area contributed by atoms with E-state index in [1.165, 1.54) is 16.7 Å². The van der Waals surface area contributed by atoms with Crippen LogP contribution in [0.2, 0.25) is 0 Å². The lowest BCUT2D eigenvalue weighted by Gasteiger charge is -2.28. The first-order chi connectivity index (χ1) is 21.7. The van der Waals surface area contributed by atoms with Gasteiger partial charge < -0.3 is 9.80 Å². The number of hydrogen-bond donors (Lipinski definition) is 0. The molecule has 0 amide bonds. The Morgan fingerprint density at radius 2 is 0.705 bits per heavy atom. The first-order valence-electron chi connectivity index (χ1n) is 15.4. The molecule has 2 heteroatoms. The van der Waals surface area contributed by atoms with Crippen molar-refractivity contribution in [3.63, 3.8) is 0 Å². The summed E-state index contributed by atoms with van der Waals surface area (Å²) in [6, 6.07) is 58.1. The quantitative estimate of drug-likeness (QED) is 0.151. The Hall–Kier alpha value is -5.34. The van der Waals surface area contributed by atoms with Crippen molar-refractivity contribution in [1.82, 2.24) is 0 Å². The van der Waals surface area contributed by atoms with Gasteiger partial charge in [-0.2, -0.15) is 0 Å². The number of benzene rings is 6. The largest absolute Gasteiger partial charge is 0.311 e. The summed E-state index contributed by atoms with van der Waals surface area (Å²) in [6.45, 7) is 4.52. The predicted molar refractivity (Wildman–Crippen MR) is 190 cm³/mol. The van der Waals surface area contributed by atoms with Crippen molar-refractivity contribution in [3.8, 4) is 0 Å². The molecule has 0 bridgehead atoms. The molecule has 6 aromatic carbocycles. The van der Waals surface area contributed by atoms with E-state index >= 15 is 0 Å². The molecular weight excluding hydrogens is 532 g/mol. The molecule has 44 heavy (non-hydrogen) atoms. The molecule has 0 aromatic heterocycles. The highest BCUT2D eigenvalue weighted by atomic mass is 15.2. The number of nitrogens with zero attached hydrogens (tertiary/aromatic N) is 2. The van der Waals surface area contributed by atoms with Crippen molar-refractivity contribution in [2.75, 3.05) is 9.80 Å². The minimum Gasteiger partial charge on any atom is -0.311 e. The molecule has 0 radical (unpaired) electrons. The summed E-state index contributed by atoms with van der Waals surface area (Å²) < 4.78 is 0. The standard InChI is InChI=1S/C42H38N2/c1-3-33(2)36-25-21-34(22-26-36)19-20-35-23-27-40(28-24-35)44(39-17-11-6-12-18-39)42-31-29-41(30-32-42)43(37-13-7-4-8-14-37)38-15-9-5-10-16-38/h4-33H,3H2,1-2H3. The van der Waals surface area contributed by atoms with Crippen LogP contribution in [0.15, 0.2) is 164 Å². The first kappa shape index (κ1) is 28.8. The third kappa shape index (κ3) is 6.66. The fraction of sp³-hybridized carbons (Fsp3) is 0.0952. The third-order valence-corrected chi connectivity index (χ3v) is 8.15. The molecule has 1 atom stereocenters. The maximum atomic E-state index is 2.31. The highest BCUT2D eigenvalue weighted by Crippen LogP contribution is 2.38. The van der Waals surface area contributed by atoms with Crippen molar-refractivity contribution in [3.05, 3.63) is 180 Å². The van der Waals surface area contributed by atoms with Crippen LogP contribution in [-0.2, 0) is 0 Å².